The van der Waals surface area contributed by atoms with E-state index in [-0.39, 0.29) is 30.6 Å². The molecule has 4 saturated carbocycles. The molecule has 0 heterocycles. The van der Waals surface area contributed by atoms with E-state index in [0.717, 1.165) is 17.8 Å². The molecule has 0 aliphatic heterocycles. The lowest BCUT2D eigenvalue weighted by Gasteiger charge is -2.59. The number of ether oxygens (including phenoxy) is 1. The van der Waals surface area contributed by atoms with Crippen molar-refractivity contribution >= 4 is 17.6 Å². The molecule has 0 saturated heterocycles. The molecule has 1 atom stereocenters. The minimum Gasteiger partial charge on any atom is -0.452 e. The van der Waals surface area contributed by atoms with E-state index in [2.05, 4.69) is 17.6 Å². The highest BCUT2D eigenvalue weighted by molar-refractivity contribution is 5.96. The van der Waals surface area contributed by atoms with E-state index in [4.69, 9.17) is 9.84 Å². The third kappa shape index (κ3) is 4.27. The van der Waals surface area contributed by atoms with Gasteiger partial charge in [-0.1, -0.05) is 12.1 Å². The van der Waals surface area contributed by atoms with Crippen LogP contribution in [0.4, 0.5) is 5.69 Å². The normalized spacial score (nSPS) is 30.6. The Balaban J connectivity index is 1.31. The Labute approximate surface area is 172 Å². The first-order valence-corrected chi connectivity index (χ1v) is 10.9. The lowest BCUT2D eigenvalue weighted by atomic mass is 9.48. The Morgan fingerprint density at radius 2 is 1.76 bits per heavy atom. The van der Waals surface area contributed by atoms with E-state index in [1.54, 1.807) is 24.3 Å². The molecule has 0 aromatic heterocycles. The molecule has 0 radical (unpaired) electrons. The van der Waals surface area contributed by atoms with Gasteiger partial charge in [-0.3, -0.25) is 4.79 Å². The molecule has 1 unspecified atom stereocenters. The van der Waals surface area contributed by atoms with Crippen LogP contribution in [0, 0.1) is 23.2 Å². The monoisotopic (exact) mass is 400 g/mol. The van der Waals surface area contributed by atoms with Crippen molar-refractivity contribution in [2.75, 3.05) is 25.1 Å². The number of nitrogens with one attached hydrogen (secondary N) is 2. The number of para-hydroxylation sites is 1. The molecule has 4 aliphatic carbocycles. The molecule has 4 bridgehead atoms. The van der Waals surface area contributed by atoms with Gasteiger partial charge < -0.3 is 20.5 Å². The molecule has 5 rings (SSSR count). The molecule has 158 valence electrons. The van der Waals surface area contributed by atoms with Crippen molar-refractivity contribution in [3.63, 3.8) is 0 Å². The van der Waals surface area contributed by atoms with Crippen LogP contribution in [0.15, 0.2) is 24.3 Å². The molecule has 1 aromatic rings. The van der Waals surface area contributed by atoms with Crippen LogP contribution in [0.1, 0.15) is 55.8 Å². The number of benzene rings is 1. The molecule has 1 aromatic carbocycles. The third-order valence-electron chi connectivity index (χ3n) is 7.29. The predicted molar refractivity (Wildman–Crippen MR) is 111 cm³/mol. The summed E-state index contributed by atoms with van der Waals surface area (Å²) in [7, 11) is 0. The second-order valence-corrected chi connectivity index (χ2v) is 9.34. The van der Waals surface area contributed by atoms with Gasteiger partial charge in [0.25, 0.3) is 5.91 Å². The summed E-state index contributed by atoms with van der Waals surface area (Å²) in [5, 5.41) is 15.1. The van der Waals surface area contributed by atoms with Crippen molar-refractivity contribution in [1.82, 2.24) is 5.32 Å². The predicted octanol–water partition coefficient (Wildman–Crippen LogP) is 2.97. The molecule has 3 N–H and O–H groups in total. The number of anilines is 1. The molecular weight excluding hydrogens is 368 g/mol. The van der Waals surface area contributed by atoms with Gasteiger partial charge in [0.05, 0.1) is 12.2 Å². The largest absolute Gasteiger partial charge is 0.452 e. The minimum absolute atomic E-state index is 0.0337. The van der Waals surface area contributed by atoms with Crippen LogP contribution in [0.5, 0.6) is 0 Å². The molecule has 4 aliphatic rings. The summed E-state index contributed by atoms with van der Waals surface area (Å²) in [6.45, 7) is 2.16. The minimum atomic E-state index is -0.538. The van der Waals surface area contributed by atoms with Crippen molar-refractivity contribution in [3.05, 3.63) is 29.8 Å². The van der Waals surface area contributed by atoms with E-state index < -0.39 is 5.97 Å². The summed E-state index contributed by atoms with van der Waals surface area (Å²) in [5.74, 6) is 1.73. The van der Waals surface area contributed by atoms with Gasteiger partial charge in [0.15, 0.2) is 6.61 Å². The Morgan fingerprint density at radius 3 is 2.38 bits per heavy atom. The zero-order valence-corrected chi connectivity index (χ0v) is 17.2. The van der Waals surface area contributed by atoms with Crippen molar-refractivity contribution in [1.29, 1.82) is 0 Å². The van der Waals surface area contributed by atoms with Crippen LogP contribution >= 0.6 is 0 Å². The van der Waals surface area contributed by atoms with Gasteiger partial charge in [0.2, 0.25) is 0 Å². The first kappa shape index (κ1) is 20.2. The average Bonchev–Trinajstić information content (AvgIpc) is 2.69. The maximum absolute atomic E-state index is 12.5. The van der Waals surface area contributed by atoms with Crippen LogP contribution < -0.4 is 10.6 Å². The van der Waals surface area contributed by atoms with Crippen molar-refractivity contribution in [2.24, 2.45) is 23.2 Å². The Kier molecular flexibility index (Phi) is 5.81. The zero-order chi connectivity index (χ0) is 20.4. The van der Waals surface area contributed by atoms with Gasteiger partial charge in [-0.15, -0.1) is 0 Å². The molecule has 6 nitrogen and oxygen atoms in total. The maximum Gasteiger partial charge on any atom is 0.340 e. The van der Waals surface area contributed by atoms with E-state index >= 15 is 0 Å². The fraction of sp³-hybridized carbons (Fsp3) is 0.652. The molecular formula is C23H32N2O4. The lowest BCUT2D eigenvalue weighted by molar-refractivity contribution is -0.128. The van der Waals surface area contributed by atoms with E-state index in [1.165, 1.54) is 38.5 Å². The van der Waals surface area contributed by atoms with Gasteiger partial charge in [0.1, 0.15) is 0 Å². The number of rotatable bonds is 8. The first-order chi connectivity index (χ1) is 14.0. The van der Waals surface area contributed by atoms with Gasteiger partial charge in [-0.2, -0.15) is 0 Å². The highest BCUT2D eigenvalue weighted by Crippen LogP contribution is 2.61. The number of aliphatic hydroxyl groups is 1. The molecule has 0 spiro atoms. The second-order valence-electron chi connectivity index (χ2n) is 9.34. The number of hydrogen-bond acceptors (Lipinski definition) is 5. The highest BCUT2D eigenvalue weighted by atomic mass is 16.5. The van der Waals surface area contributed by atoms with Crippen molar-refractivity contribution in [3.8, 4) is 0 Å². The van der Waals surface area contributed by atoms with Gasteiger partial charge >= 0.3 is 5.97 Å². The SMILES string of the molecule is CC(NC(=O)COC(=O)c1ccccc1NCCO)C12CC3CC(CC(C3)C1)C2. The second kappa shape index (κ2) is 8.34. The van der Waals surface area contributed by atoms with Crippen LogP contribution in [0.25, 0.3) is 0 Å². The molecule has 4 fully saturated rings. The van der Waals surface area contributed by atoms with Gasteiger partial charge in [0, 0.05) is 18.3 Å². The third-order valence-corrected chi connectivity index (χ3v) is 7.29. The summed E-state index contributed by atoms with van der Waals surface area (Å²) in [6, 6.07) is 7.06. The van der Waals surface area contributed by atoms with Gasteiger partial charge in [-0.25, -0.2) is 4.79 Å². The topological polar surface area (TPSA) is 87.7 Å². The van der Waals surface area contributed by atoms with Crippen LogP contribution in [-0.4, -0.2) is 42.8 Å². The lowest BCUT2D eigenvalue weighted by Crippen LogP contribution is -2.56. The molecule has 29 heavy (non-hydrogen) atoms. The number of carbonyl (C=O) groups excluding carboxylic acids is 2. The smallest absolute Gasteiger partial charge is 0.340 e. The van der Waals surface area contributed by atoms with Crippen LogP contribution in [0.2, 0.25) is 0 Å². The average molecular weight is 401 g/mol. The Morgan fingerprint density at radius 1 is 1.14 bits per heavy atom. The number of esters is 1. The summed E-state index contributed by atoms with van der Waals surface area (Å²) in [5.41, 5.74) is 1.19. The van der Waals surface area contributed by atoms with Crippen LogP contribution in [-0.2, 0) is 9.53 Å². The Hall–Kier alpha value is -2.08. The summed E-state index contributed by atoms with van der Waals surface area (Å²) >= 11 is 0. The summed E-state index contributed by atoms with van der Waals surface area (Å²) in [6.07, 6.45) is 7.81. The van der Waals surface area contributed by atoms with Gasteiger partial charge in [-0.05, 0) is 80.8 Å². The van der Waals surface area contributed by atoms with Crippen molar-refractivity contribution < 1.29 is 19.4 Å². The number of hydrogen-bond donors (Lipinski definition) is 3. The maximum atomic E-state index is 12.5. The molecule has 1 amide bonds. The molecule has 6 heteroatoms. The fourth-order valence-electron chi connectivity index (χ4n) is 6.36. The number of aliphatic hydroxyl groups excluding tert-OH is 1. The Bertz CT molecular complexity index is 728. The van der Waals surface area contributed by atoms with Crippen LogP contribution in [0.3, 0.4) is 0 Å². The number of carbonyl (C=O) groups is 2. The van der Waals surface area contributed by atoms with Crippen molar-refractivity contribution in [2.45, 2.75) is 51.5 Å². The van der Waals surface area contributed by atoms with E-state index in [0.29, 0.717) is 17.8 Å². The fourth-order valence-corrected chi connectivity index (χ4v) is 6.36. The highest BCUT2D eigenvalue weighted by Gasteiger charge is 2.53. The standard InChI is InChI=1S/C23H32N2O4/c1-15(23-11-16-8-17(12-23)10-18(9-16)13-23)25-21(27)14-29-22(28)19-4-2-3-5-20(19)24-6-7-26/h2-5,15-18,24,26H,6-14H2,1H3,(H,25,27). The quantitative estimate of drug-likeness (QED) is 0.584. The zero-order valence-electron chi connectivity index (χ0n) is 17.2. The first-order valence-electron chi connectivity index (χ1n) is 10.9. The van der Waals surface area contributed by atoms with E-state index in [9.17, 15) is 9.59 Å². The van der Waals surface area contributed by atoms with E-state index in [1.807, 2.05) is 0 Å². The number of amides is 1. The summed E-state index contributed by atoms with van der Waals surface area (Å²) in [4.78, 5) is 24.9. The summed E-state index contributed by atoms with van der Waals surface area (Å²) < 4.78 is 5.28.